The number of aromatic nitrogens is 2. The number of pyridine rings is 1. The Hall–Kier alpha value is -3.58. The Bertz CT molecular complexity index is 1260. The summed E-state index contributed by atoms with van der Waals surface area (Å²) >= 11 is 0. The molecule has 0 saturated heterocycles. The summed E-state index contributed by atoms with van der Waals surface area (Å²) < 4.78 is 18.8. The van der Waals surface area contributed by atoms with Gasteiger partial charge in [-0.2, -0.15) is 0 Å². The van der Waals surface area contributed by atoms with Gasteiger partial charge in [0.15, 0.2) is 0 Å². The predicted molar refractivity (Wildman–Crippen MR) is 126 cm³/mol. The molecule has 0 aliphatic carbocycles. The van der Waals surface area contributed by atoms with Gasteiger partial charge in [-0.05, 0) is 69.4 Å². The van der Waals surface area contributed by atoms with Crippen molar-refractivity contribution in [1.82, 2.24) is 19.9 Å². The molecule has 2 aromatic carbocycles. The maximum atomic E-state index is 13.7. The van der Waals surface area contributed by atoms with E-state index < -0.39 is 0 Å². The summed E-state index contributed by atoms with van der Waals surface area (Å²) in [5.74, 6) is -0.461. The van der Waals surface area contributed by atoms with Crippen LogP contribution in [0, 0.1) is 12.7 Å². The van der Waals surface area contributed by atoms with Crippen LogP contribution in [0.2, 0.25) is 0 Å². The topological polar surface area (TPSA) is 62.5 Å². The van der Waals surface area contributed by atoms with E-state index in [-0.39, 0.29) is 11.7 Å². The van der Waals surface area contributed by atoms with Crippen molar-refractivity contribution < 1.29 is 13.7 Å². The van der Waals surface area contributed by atoms with E-state index in [9.17, 15) is 9.18 Å². The van der Waals surface area contributed by atoms with Crippen molar-refractivity contribution in [2.75, 3.05) is 20.6 Å². The first-order valence-corrected chi connectivity index (χ1v) is 10.9. The summed E-state index contributed by atoms with van der Waals surface area (Å²) in [7, 11) is 4.07. The molecule has 0 spiro atoms. The molecule has 33 heavy (non-hydrogen) atoms. The number of benzene rings is 2. The van der Waals surface area contributed by atoms with Gasteiger partial charge in [0.25, 0.3) is 11.6 Å². The lowest BCUT2D eigenvalue weighted by Gasteiger charge is -2.22. The minimum Gasteiger partial charge on any atom is -0.335 e. The number of rotatable bonds is 7. The Morgan fingerprint density at radius 1 is 1.00 bits per heavy atom. The maximum Gasteiger partial charge on any atom is 0.259 e. The van der Waals surface area contributed by atoms with Gasteiger partial charge in [0.05, 0.1) is 22.3 Å². The monoisotopic (exact) mass is 446 g/mol. The molecule has 0 aliphatic rings. The first kappa shape index (κ1) is 22.6. The largest absolute Gasteiger partial charge is 0.335 e. The van der Waals surface area contributed by atoms with Crippen LogP contribution in [0.25, 0.3) is 22.4 Å². The fourth-order valence-electron chi connectivity index (χ4n) is 3.87. The van der Waals surface area contributed by atoms with Crippen molar-refractivity contribution in [2.45, 2.75) is 26.9 Å². The molecule has 1 amide bonds. The lowest BCUT2D eigenvalue weighted by Crippen LogP contribution is -2.30. The number of amides is 1. The van der Waals surface area contributed by atoms with Gasteiger partial charge in [-0.1, -0.05) is 29.4 Å². The molecule has 0 radical (unpaired) electrons. The third-order valence-electron chi connectivity index (χ3n) is 5.55. The number of aryl methyl sites for hydroxylation is 1. The molecule has 0 aliphatic heterocycles. The van der Waals surface area contributed by atoms with Crippen molar-refractivity contribution in [1.29, 1.82) is 0 Å². The minimum absolute atomic E-state index is 0.128. The fraction of sp³-hybridized carbons (Fsp3) is 0.269. The van der Waals surface area contributed by atoms with Crippen LogP contribution in [0.3, 0.4) is 0 Å². The highest BCUT2D eigenvalue weighted by molar-refractivity contribution is 6.07. The van der Waals surface area contributed by atoms with Crippen molar-refractivity contribution in [2.24, 2.45) is 0 Å². The molecule has 0 unspecified atom stereocenters. The third kappa shape index (κ3) is 4.93. The normalized spacial score (nSPS) is 11.3. The van der Waals surface area contributed by atoms with Gasteiger partial charge < -0.3 is 14.3 Å². The van der Waals surface area contributed by atoms with Crippen molar-refractivity contribution >= 4 is 17.0 Å². The first-order valence-electron chi connectivity index (χ1n) is 10.9. The summed E-state index contributed by atoms with van der Waals surface area (Å²) in [5.41, 5.74) is 4.88. The highest BCUT2D eigenvalue weighted by Crippen LogP contribution is 2.28. The molecule has 4 rings (SSSR count). The fourth-order valence-corrected chi connectivity index (χ4v) is 3.87. The molecular weight excluding hydrogens is 419 g/mol. The van der Waals surface area contributed by atoms with Crippen LogP contribution in [-0.4, -0.2) is 46.5 Å². The van der Waals surface area contributed by atoms with E-state index in [1.165, 1.54) is 17.7 Å². The Morgan fingerprint density at radius 3 is 2.24 bits per heavy atom. The number of carbonyl (C=O) groups excluding carboxylic acids is 1. The van der Waals surface area contributed by atoms with Crippen LogP contribution < -0.4 is 0 Å². The second-order valence-corrected chi connectivity index (χ2v) is 8.38. The molecule has 2 aromatic heterocycles. The Labute approximate surface area is 192 Å². The van der Waals surface area contributed by atoms with Crippen molar-refractivity contribution in [3.63, 3.8) is 0 Å². The zero-order valence-electron chi connectivity index (χ0n) is 19.3. The molecule has 0 fully saturated rings. The molecule has 0 N–H and O–H groups in total. The highest BCUT2D eigenvalue weighted by atomic mass is 19.1. The van der Waals surface area contributed by atoms with Gasteiger partial charge >= 0.3 is 0 Å². The highest BCUT2D eigenvalue weighted by Gasteiger charge is 2.23. The SMILES string of the molecule is CCN(Cc1ccc(CN(C)C)cc1)C(=O)c1cc(-c2ccc(F)cc2)nc2onc(C)c12. The predicted octanol–water partition coefficient (Wildman–Crippen LogP) is 5.06. The summed E-state index contributed by atoms with van der Waals surface area (Å²) in [6.07, 6.45) is 0. The Kier molecular flexibility index (Phi) is 6.51. The number of fused-ring (bicyclic) bond motifs is 1. The smallest absolute Gasteiger partial charge is 0.259 e. The summed E-state index contributed by atoms with van der Waals surface area (Å²) in [5, 5.41) is 4.62. The average molecular weight is 447 g/mol. The van der Waals surface area contributed by atoms with Crippen molar-refractivity contribution in [3.05, 3.63) is 82.8 Å². The van der Waals surface area contributed by atoms with Gasteiger partial charge in [0, 0.05) is 25.2 Å². The van der Waals surface area contributed by atoms with Crippen LogP contribution in [0.15, 0.2) is 59.1 Å². The molecule has 0 atom stereocenters. The molecule has 4 aromatic rings. The van der Waals surface area contributed by atoms with E-state index >= 15 is 0 Å². The van der Waals surface area contributed by atoms with E-state index in [2.05, 4.69) is 39.3 Å². The Balaban J connectivity index is 1.68. The van der Waals surface area contributed by atoms with Crippen LogP contribution >= 0.6 is 0 Å². The van der Waals surface area contributed by atoms with E-state index in [4.69, 9.17) is 4.52 Å². The molecule has 0 saturated carbocycles. The molecule has 0 bridgehead atoms. The Morgan fingerprint density at radius 2 is 1.64 bits per heavy atom. The molecule has 7 heteroatoms. The third-order valence-corrected chi connectivity index (χ3v) is 5.55. The number of halogens is 1. The number of carbonyl (C=O) groups is 1. The van der Waals surface area contributed by atoms with E-state index in [0.717, 1.165) is 12.1 Å². The van der Waals surface area contributed by atoms with E-state index in [0.29, 0.717) is 46.7 Å². The van der Waals surface area contributed by atoms with Crippen LogP contribution in [-0.2, 0) is 13.1 Å². The van der Waals surface area contributed by atoms with Gasteiger partial charge in [-0.3, -0.25) is 4.79 Å². The minimum atomic E-state index is -0.333. The van der Waals surface area contributed by atoms with Crippen molar-refractivity contribution in [3.8, 4) is 11.3 Å². The van der Waals surface area contributed by atoms with Gasteiger partial charge in [0.1, 0.15) is 5.82 Å². The molecule has 170 valence electrons. The quantitative estimate of drug-likeness (QED) is 0.397. The van der Waals surface area contributed by atoms with E-state index in [1.807, 2.05) is 21.0 Å². The van der Waals surface area contributed by atoms with Gasteiger partial charge in [-0.15, -0.1) is 0 Å². The van der Waals surface area contributed by atoms with Crippen LogP contribution in [0.1, 0.15) is 34.1 Å². The maximum absolute atomic E-state index is 13.7. The summed E-state index contributed by atoms with van der Waals surface area (Å²) in [6, 6.07) is 16.0. The molecular formula is C26H27FN4O2. The molecule has 6 nitrogen and oxygen atoms in total. The number of nitrogens with zero attached hydrogens (tertiary/aromatic N) is 4. The second kappa shape index (κ2) is 9.50. The average Bonchev–Trinajstić information content (AvgIpc) is 3.18. The molecule has 2 heterocycles. The zero-order valence-corrected chi connectivity index (χ0v) is 19.3. The second-order valence-electron chi connectivity index (χ2n) is 8.38. The number of hydrogen-bond acceptors (Lipinski definition) is 5. The lowest BCUT2D eigenvalue weighted by atomic mass is 10.0. The van der Waals surface area contributed by atoms with Crippen LogP contribution in [0.5, 0.6) is 0 Å². The van der Waals surface area contributed by atoms with Crippen LogP contribution in [0.4, 0.5) is 4.39 Å². The summed E-state index contributed by atoms with van der Waals surface area (Å²) in [6.45, 7) is 5.64. The van der Waals surface area contributed by atoms with Gasteiger partial charge in [0.2, 0.25) is 0 Å². The number of hydrogen-bond donors (Lipinski definition) is 0. The van der Waals surface area contributed by atoms with E-state index in [1.54, 1.807) is 30.0 Å². The summed E-state index contributed by atoms with van der Waals surface area (Å²) in [4.78, 5) is 22.1. The zero-order chi connectivity index (χ0) is 23.5. The standard InChI is InChI=1S/C26H27FN4O2/c1-5-31(16-19-8-6-18(7-9-19)15-30(3)4)26(32)22-14-23(20-10-12-21(27)13-11-20)28-25-24(22)17(2)29-33-25/h6-14H,5,15-16H2,1-4H3. The van der Waals surface area contributed by atoms with Gasteiger partial charge in [-0.25, -0.2) is 9.37 Å². The first-order chi connectivity index (χ1) is 15.9. The lowest BCUT2D eigenvalue weighted by molar-refractivity contribution is 0.0754.